The van der Waals surface area contributed by atoms with Crippen LogP contribution in [-0.2, 0) is 5.41 Å². The Labute approximate surface area is 89.1 Å². The highest BCUT2D eigenvalue weighted by molar-refractivity contribution is 6.31. The highest BCUT2D eigenvalue weighted by Gasteiger charge is 2.25. The van der Waals surface area contributed by atoms with Gasteiger partial charge >= 0.3 is 0 Å². The van der Waals surface area contributed by atoms with Crippen molar-refractivity contribution in [1.29, 1.82) is 0 Å². The summed E-state index contributed by atoms with van der Waals surface area (Å²) in [6.45, 7) is 5.55. The summed E-state index contributed by atoms with van der Waals surface area (Å²) < 4.78 is 0. The predicted molar refractivity (Wildman–Crippen MR) is 58.0 cm³/mol. The lowest BCUT2D eigenvalue weighted by Gasteiger charge is -2.25. The third-order valence-corrected chi connectivity index (χ3v) is 2.86. The largest absolute Gasteiger partial charge is 0.508 e. The van der Waals surface area contributed by atoms with Crippen LogP contribution in [0.1, 0.15) is 25.0 Å². The zero-order valence-electron chi connectivity index (χ0n) is 8.63. The molecule has 1 rings (SSSR count). The number of benzene rings is 1. The molecular formula is C11H15ClO2. The summed E-state index contributed by atoms with van der Waals surface area (Å²) in [6, 6.07) is 3.21. The van der Waals surface area contributed by atoms with Gasteiger partial charge in [-0.2, -0.15) is 0 Å². The fourth-order valence-corrected chi connectivity index (χ4v) is 1.76. The molecule has 78 valence electrons. The molecule has 3 heteroatoms. The number of aromatic hydroxyl groups is 1. The highest BCUT2D eigenvalue weighted by atomic mass is 35.5. The summed E-state index contributed by atoms with van der Waals surface area (Å²) in [7, 11) is 0. The molecule has 0 radical (unpaired) electrons. The van der Waals surface area contributed by atoms with E-state index in [4.69, 9.17) is 11.6 Å². The summed E-state index contributed by atoms with van der Waals surface area (Å²) in [6.07, 6.45) is 0. The van der Waals surface area contributed by atoms with Gasteiger partial charge in [-0.15, -0.1) is 0 Å². The van der Waals surface area contributed by atoms with Crippen LogP contribution < -0.4 is 0 Å². The molecule has 1 aromatic carbocycles. The first-order valence-corrected chi connectivity index (χ1v) is 4.87. The molecule has 0 unspecified atom stereocenters. The number of hydrogen-bond acceptors (Lipinski definition) is 2. The minimum atomic E-state index is -0.473. The summed E-state index contributed by atoms with van der Waals surface area (Å²) in [5.41, 5.74) is 1.07. The van der Waals surface area contributed by atoms with Gasteiger partial charge in [0.25, 0.3) is 0 Å². The quantitative estimate of drug-likeness (QED) is 0.795. The van der Waals surface area contributed by atoms with Gasteiger partial charge in [0.1, 0.15) is 5.75 Å². The molecule has 0 saturated carbocycles. The number of aliphatic hydroxyl groups is 1. The zero-order valence-corrected chi connectivity index (χ0v) is 9.39. The lowest BCUT2D eigenvalue weighted by atomic mass is 9.82. The Morgan fingerprint density at radius 3 is 2.43 bits per heavy atom. The van der Waals surface area contributed by atoms with E-state index in [1.165, 1.54) is 0 Å². The van der Waals surface area contributed by atoms with Crippen molar-refractivity contribution in [2.45, 2.75) is 26.2 Å². The molecule has 0 aliphatic rings. The lowest BCUT2D eigenvalue weighted by Crippen LogP contribution is -2.23. The first kappa shape index (κ1) is 11.3. The van der Waals surface area contributed by atoms with Crippen molar-refractivity contribution in [3.05, 3.63) is 28.3 Å². The second-order valence-electron chi connectivity index (χ2n) is 4.11. The topological polar surface area (TPSA) is 40.5 Å². The number of rotatable bonds is 2. The van der Waals surface area contributed by atoms with E-state index in [-0.39, 0.29) is 12.4 Å². The lowest BCUT2D eigenvalue weighted by molar-refractivity contribution is 0.214. The fourth-order valence-electron chi connectivity index (χ4n) is 1.61. The molecule has 0 amide bonds. The van der Waals surface area contributed by atoms with Crippen molar-refractivity contribution in [3.8, 4) is 5.75 Å². The molecule has 14 heavy (non-hydrogen) atoms. The number of phenolic OH excluding ortho intramolecular Hbond substituents is 1. The molecule has 2 nitrogen and oxygen atoms in total. The van der Waals surface area contributed by atoms with Gasteiger partial charge < -0.3 is 10.2 Å². The minimum absolute atomic E-state index is 0.0260. The zero-order chi connectivity index (χ0) is 10.9. The smallest absolute Gasteiger partial charge is 0.119 e. The maximum absolute atomic E-state index is 9.71. The van der Waals surface area contributed by atoms with Crippen LogP contribution in [0, 0.1) is 6.92 Å². The molecule has 2 N–H and O–H groups in total. The number of hydrogen-bond donors (Lipinski definition) is 2. The van der Waals surface area contributed by atoms with E-state index in [0.717, 1.165) is 5.56 Å². The third-order valence-electron chi connectivity index (χ3n) is 2.45. The number of aliphatic hydroxyl groups excluding tert-OH is 1. The van der Waals surface area contributed by atoms with Crippen molar-refractivity contribution in [1.82, 2.24) is 0 Å². The van der Waals surface area contributed by atoms with Gasteiger partial charge in [-0.1, -0.05) is 25.4 Å². The Kier molecular flexibility index (Phi) is 3.07. The molecule has 0 saturated heterocycles. The van der Waals surface area contributed by atoms with E-state index in [1.807, 2.05) is 20.8 Å². The number of halogens is 1. The molecule has 0 aliphatic carbocycles. The second-order valence-corrected chi connectivity index (χ2v) is 4.52. The molecule has 0 aromatic heterocycles. The van der Waals surface area contributed by atoms with Gasteiger partial charge in [0, 0.05) is 16.0 Å². The Bertz CT molecular complexity index is 345. The van der Waals surface area contributed by atoms with E-state index in [9.17, 15) is 10.2 Å². The van der Waals surface area contributed by atoms with Crippen molar-refractivity contribution < 1.29 is 10.2 Å². The van der Waals surface area contributed by atoms with E-state index in [0.29, 0.717) is 10.6 Å². The normalized spacial score (nSPS) is 11.8. The first-order valence-electron chi connectivity index (χ1n) is 4.49. The maximum atomic E-state index is 9.71. The van der Waals surface area contributed by atoms with Gasteiger partial charge in [-0.25, -0.2) is 0 Å². The van der Waals surface area contributed by atoms with E-state index >= 15 is 0 Å². The third kappa shape index (κ3) is 1.86. The van der Waals surface area contributed by atoms with Gasteiger partial charge in [0.15, 0.2) is 0 Å². The van der Waals surface area contributed by atoms with Crippen molar-refractivity contribution in [2.75, 3.05) is 6.61 Å². The molecule has 0 heterocycles. The van der Waals surface area contributed by atoms with Gasteiger partial charge in [-0.05, 0) is 24.6 Å². The molecule has 0 fully saturated rings. The monoisotopic (exact) mass is 214 g/mol. The summed E-state index contributed by atoms with van der Waals surface area (Å²) in [4.78, 5) is 0. The van der Waals surface area contributed by atoms with Crippen LogP contribution >= 0.6 is 11.6 Å². The van der Waals surface area contributed by atoms with Crippen LogP contribution in [0.5, 0.6) is 5.75 Å². The van der Waals surface area contributed by atoms with Gasteiger partial charge in [0.2, 0.25) is 0 Å². The Hall–Kier alpha value is -0.730. The summed E-state index contributed by atoms with van der Waals surface area (Å²) >= 11 is 5.96. The van der Waals surface area contributed by atoms with E-state index < -0.39 is 5.41 Å². The van der Waals surface area contributed by atoms with Crippen LogP contribution in [0.4, 0.5) is 0 Å². The summed E-state index contributed by atoms with van der Waals surface area (Å²) in [5, 5.41) is 19.6. The molecular weight excluding hydrogens is 200 g/mol. The van der Waals surface area contributed by atoms with Crippen molar-refractivity contribution in [3.63, 3.8) is 0 Å². The SMILES string of the molecule is Cc1c(Cl)ccc(O)c1C(C)(C)CO. The van der Waals surface area contributed by atoms with E-state index in [2.05, 4.69) is 0 Å². The molecule has 0 atom stereocenters. The van der Waals surface area contributed by atoms with Gasteiger partial charge in [0.05, 0.1) is 6.61 Å². The molecule has 0 aliphatic heterocycles. The average Bonchev–Trinajstić information content (AvgIpc) is 2.12. The Morgan fingerprint density at radius 1 is 1.36 bits per heavy atom. The second kappa shape index (κ2) is 3.79. The molecule has 1 aromatic rings. The van der Waals surface area contributed by atoms with Crippen LogP contribution in [-0.4, -0.2) is 16.8 Å². The van der Waals surface area contributed by atoms with Crippen molar-refractivity contribution >= 4 is 11.6 Å². The molecule has 0 spiro atoms. The van der Waals surface area contributed by atoms with Crippen LogP contribution in [0.15, 0.2) is 12.1 Å². The molecule has 0 bridgehead atoms. The minimum Gasteiger partial charge on any atom is -0.508 e. The van der Waals surface area contributed by atoms with Gasteiger partial charge in [-0.3, -0.25) is 0 Å². The summed E-state index contributed by atoms with van der Waals surface area (Å²) in [5.74, 6) is 0.186. The Balaban J connectivity index is 3.40. The average molecular weight is 215 g/mol. The van der Waals surface area contributed by atoms with Crippen LogP contribution in [0.25, 0.3) is 0 Å². The van der Waals surface area contributed by atoms with Crippen LogP contribution in [0.2, 0.25) is 5.02 Å². The van der Waals surface area contributed by atoms with Crippen LogP contribution in [0.3, 0.4) is 0 Å². The van der Waals surface area contributed by atoms with Crippen molar-refractivity contribution in [2.24, 2.45) is 0 Å². The van der Waals surface area contributed by atoms with E-state index in [1.54, 1.807) is 12.1 Å². The highest BCUT2D eigenvalue weighted by Crippen LogP contribution is 2.36. The number of phenols is 1. The standard InChI is InChI=1S/C11H15ClO2/c1-7-8(12)4-5-9(14)10(7)11(2,3)6-13/h4-5,13-14H,6H2,1-3H3. The Morgan fingerprint density at radius 2 is 1.93 bits per heavy atom. The first-order chi connectivity index (χ1) is 6.40. The predicted octanol–water partition coefficient (Wildman–Crippen LogP) is 2.62. The maximum Gasteiger partial charge on any atom is 0.119 e. The fraction of sp³-hybridized carbons (Fsp3) is 0.455.